The Balaban J connectivity index is 1.58. The molecule has 0 radical (unpaired) electrons. The summed E-state index contributed by atoms with van der Waals surface area (Å²) in [6, 6.07) is 0.281. The van der Waals surface area contributed by atoms with Crippen LogP contribution >= 0.6 is 11.3 Å². The minimum absolute atomic E-state index is 0.0920. The van der Waals surface area contributed by atoms with Crippen LogP contribution in [-0.4, -0.2) is 36.6 Å². The number of anilines is 2. The molecule has 0 unspecified atom stereocenters. The van der Waals surface area contributed by atoms with Crippen LogP contribution in [0, 0.1) is 5.92 Å². The van der Waals surface area contributed by atoms with Gasteiger partial charge in [-0.25, -0.2) is 4.98 Å². The van der Waals surface area contributed by atoms with E-state index in [2.05, 4.69) is 15.2 Å². The van der Waals surface area contributed by atoms with Gasteiger partial charge in [0.15, 0.2) is 5.13 Å². The summed E-state index contributed by atoms with van der Waals surface area (Å²) in [5.74, 6) is 1.07. The predicted molar refractivity (Wildman–Crippen MR) is 85.6 cm³/mol. The summed E-state index contributed by atoms with van der Waals surface area (Å²) in [6.45, 7) is 2.50. The van der Waals surface area contributed by atoms with E-state index in [1.807, 2.05) is 0 Å². The average molecular weight is 309 g/mol. The van der Waals surface area contributed by atoms with E-state index in [4.69, 9.17) is 11.5 Å². The molecular formula is C14H23N5OS. The summed E-state index contributed by atoms with van der Waals surface area (Å²) in [5, 5.41) is 3.79. The zero-order chi connectivity index (χ0) is 14.8. The van der Waals surface area contributed by atoms with Crippen molar-refractivity contribution in [3.05, 3.63) is 4.88 Å². The lowest BCUT2D eigenvalue weighted by Crippen LogP contribution is -2.39. The van der Waals surface area contributed by atoms with Gasteiger partial charge in [-0.2, -0.15) is 0 Å². The number of aromatic nitrogens is 1. The fourth-order valence-electron chi connectivity index (χ4n) is 2.59. The Hall–Kier alpha value is -1.34. The average Bonchev–Trinajstić information content (AvgIpc) is 3.20. The van der Waals surface area contributed by atoms with Crippen LogP contribution < -0.4 is 21.7 Å². The molecule has 3 rings (SSSR count). The minimum Gasteiger partial charge on any atom is -0.382 e. The maximum atomic E-state index is 12.2. The van der Waals surface area contributed by atoms with Crippen molar-refractivity contribution in [3.63, 3.8) is 0 Å². The molecule has 2 fully saturated rings. The Morgan fingerprint density at radius 1 is 1.33 bits per heavy atom. The van der Waals surface area contributed by atoms with E-state index in [0.29, 0.717) is 10.7 Å². The highest BCUT2D eigenvalue weighted by molar-refractivity contribution is 7.18. The van der Waals surface area contributed by atoms with Crippen LogP contribution in [0.4, 0.5) is 10.9 Å². The number of rotatable bonds is 5. The van der Waals surface area contributed by atoms with E-state index in [1.54, 1.807) is 0 Å². The van der Waals surface area contributed by atoms with Crippen LogP contribution in [0.15, 0.2) is 0 Å². The third-order valence-corrected chi connectivity index (χ3v) is 5.32. The van der Waals surface area contributed by atoms with Gasteiger partial charge in [0.25, 0.3) is 5.91 Å². The van der Waals surface area contributed by atoms with Crippen LogP contribution in [0.1, 0.15) is 41.8 Å². The number of hydrogen-bond donors (Lipinski definition) is 3. The SMILES string of the molecule is Nc1nc(N2CCC(N)CC2)sc1C(=O)NCCC1CC1. The second-order valence-corrected chi connectivity index (χ2v) is 7.00. The largest absolute Gasteiger partial charge is 0.382 e. The second kappa shape index (κ2) is 6.19. The van der Waals surface area contributed by atoms with Gasteiger partial charge in [-0.05, 0) is 25.2 Å². The lowest BCUT2D eigenvalue weighted by Gasteiger charge is -2.29. The molecule has 2 heterocycles. The molecule has 1 saturated carbocycles. The minimum atomic E-state index is -0.0920. The highest BCUT2D eigenvalue weighted by atomic mass is 32.1. The molecule has 2 aliphatic rings. The van der Waals surface area contributed by atoms with E-state index in [-0.39, 0.29) is 11.9 Å². The van der Waals surface area contributed by atoms with Crippen molar-refractivity contribution in [2.45, 2.75) is 38.1 Å². The van der Waals surface area contributed by atoms with Gasteiger partial charge < -0.3 is 21.7 Å². The lowest BCUT2D eigenvalue weighted by atomic mass is 10.1. The summed E-state index contributed by atoms with van der Waals surface area (Å²) in [7, 11) is 0. The molecule has 1 saturated heterocycles. The quantitative estimate of drug-likeness (QED) is 0.759. The molecule has 1 amide bonds. The van der Waals surface area contributed by atoms with Crippen LogP contribution in [0.2, 0.25) is 0 Å². The van der Waals surface area contributed by atoms with Crippen LogP contribution in [0.25, 0.3) is 0 Å². The van der Waals surface area contributed by atoms with Crippen LogP contribution in [0.3, 0.4) is 0 Å². The Morgan fingerprint density at radius 2 is 2.05 bits per heavy atom. The number of thiazole rings is 1. The van der Waals surface area contributed by atoms with Crippen LogP contribution in [-0.2, 0) is 0 Å². The van der Waals surface area contributed by atoms with E-state index in [0.717, 1.165) is 49.9 Å². The molecule has 5 N–H and O–H groups in total. The number of nitrogens with one attached hydrogen (secondary N) is 1. The number of nitrogens with two attached hydrogens (primary N) is 2. The first-order valence-electron chi connectivity index (χ1n) is 7.68. The molecule has 0 aromatic carbocycles. The Morgan fingerprint density at radius 3 is 2.71 bits per heavy atom. The molecular weight excluding hydrogens is 286 g/mol. The van der Waals surface area contributed by atoms with Crippen molar-refractivity contribution in [1.29, 1.82) is 0 Å². The molecule has 0 atom stereocenters. The van der Waals surface area contributed by atoms with E-state index in [1.165, 1.54) is 24.2 Å². The number of nitrogens with zero attached hydrogens (tertiary/aromatic N) is 2. The fourth-order valence-corrected chi connectivity index (χ4v) is 3.54. The Labute approximate surface area is 128 Å². The molecule has 7 heteroatoms. The summed E-state index contributed by atoms with van der Waals surface area (Å²) < 4.78 is 0. The number of carbonyl (C=O) groups excluding carboxylic acids is 1. The molecule has 6 nitrogen and oxygen atoms in total. The molecule has 1 aromatic heterocycles. The molecule has 0 bridgehead atoms. The van der Waals surface area contributed by atoms with E-state index >= 15 is 0 Å². The highest BCUT2D eigenvalue weighted by Crippen LogP contribution is 2.32. The molecule has 1 aromatic rings. The van der Waals surface area contributed by atoms with Gasteiger partial charge in [-0.3, -0.25) is 4.79 Å². The van der Waals surface area contributed by atoms with Crippen LogP contribution in [0.5, 0.6) is 0 Å². The van der Waals surface area contributed by atoms with Gasteiger partial charge in [0.1, 0.15) is 10.7 Å². The lowest BCUT2D eigenvalue weighted by molar-refractivity contribution is 0.0957. The van der Waals surface area contributed by atoms with Crippen molar-refractivity contribution in [1.82, 2.24) is 10.3 Å². The number of hydrogen-bond acceptors (Lipinski definition) is 6. The number of amides is 1. The Bertz CT molecular complexity index is 505. The topological polar surface area (TPSA) is 97.3 Å². The third kappa shape index (κ3) is 3.65. The fraction of sp³-hybridized carbons (Fsp3) is 0.714. The first kappa shape index (κ1) is 14.6. The zero-order valence-corrected chi connectivity index (χ0v) is 13.0. The number of carbonyl (C=O) groups is 1. The van der Waals surface area contributed by atoms with Crippen molar-refractivity contribution >= 4 is 28.2 Å². The van der Waals surface area contributed by atoms with Gasteiger partial charge in [0.2, 0.25) is 0 Å². The predicted octanol–water partition coefficient (Wildman–Crippen LogP) is 1.18. The van der Waals surface area contributed by atoms with E-state index < -0.39 is 0 Å². The van der Waals surface area contributed by atoms with Crippen molar-refractivity contribution in [2.75, 3.05) is 30.3 Å². The molecule has 1 aliphatic carbocycles. The summed E-state index contributed by atoms with van der Waals surface area (Å²) >= 11 is 1.39. The van der Waals surface area contributed by atoms with E-state index in [9.17, 15) is 4.79 Å². The van der Waals surface area contributed by atoms with Crippen molar-refractivity contribution in [3.8, 4) is 0 Å². The maximum Gasteiger partial charge on any atom is 0.265 e. The van der Waals surface area contributed by atoms with Gasteiger partial charge in [-0.15, -0.1) is 0 Å². The molecule has 0 spiro atoms. The van der Waals surface area contributed by atoms with Crippen molar-refractivity contribution in [2.24, 2.45) is 11.7 Å². The number of piperidine rings is 1. The first-order chi connectivity index (χ1) is 10.1. The van der Waals surface area contributed by atoms with Gasteiger partial charge >= 0.3 is 0 Å². The smallest absolute Gasteiger partial charge is 0.265 e. The number of nitrogen functional groups attached to an aromatic ring is 1. The third-order valence-electron chi connectivity index (χ3n) is 4.19. The second-order valence-electron chi connectivity index (χ2n) is 6.02. The van der Waals surface area contributed by atoms with Gasteiger partial charge in [0.05, 0.1) is 0 Å². The van der Waals surface area contributed by atoms with Gasteiger partial charge in [-0.1, -0.05) is 24.2 Å². The summed E-state index contributed by atoms with van der Waals surface area (Å²) in [4.78, 5) is 19.2. The summed E-state index contributed by atoms with van der Waals surface area (Å²) in [6.07, 6.45) is 5.60. The summed E-state index contributed by atoms with van der Waals surface area (Å²) in [5.41, 5.74) is 11.8. The molecule has 1 aliphatic heterocycles. The zero-order valence-electron chi connectivity index (χ0n) is 12.2. The monoisotopic (exact) mass is 309 g/mol. The maximum absolute atomic E-state index is 12.2. The molecule has 21 heavy (non-hydrogen) atoms. The normalized spacial score (nSPS) is 19.8. The highest BCUT2D eigenvalue weighted by Gasteiger charge is 2.24. The first-order valence-corrected chi connectivity index (χ1v) is 8.50. The van der Waals surface area contributed by atoms with Gasteiger partial charge in [0, 0.05) is 25.7 Å². The molecule has 116 valence electrons. The Kier molecular flexibility index (Phi) is 4.30. The standard InChI is InChI=1S/C14H23N5OS/c15-10-4-7-19(8-5-10)14-18-12(16)11(21-14)13(20)17-6-3-9-1-2-9/h9-10H,1-8,15-16H2,(H,17,20). The van der Waals surface area contributed by atoms with Crippen molar-refractivity contribution < 1.29 is 4.79 Å².